The minimum absolute atomic E-state index is 0.353. The van der Waals surface area contributed by atoms with Crippen molar-refractivity contribution in [2.45, 2.75) is 51.2 Å². The first-order valence-electron chi connectivity index (χ1n) is 11.3. The fourth-order valence-electron chi connectivity index (χ4n) is 6.20. The largest absolute Gasteiger partial charge is 0.496 e. The highest BCUT2D eigenvalue weighted by atomic mass is 16.5. The third-order valence-electron chi connectivity index (χ3n) is 6.99. The maximum Gasteiger partial charge on any atom is 0.414 e. The number of methoxy groups -OCH3 is 1. The molecule has 0 aliphatic heterocycles. The number of rotatable bonds is 9. The molecule has 0 spiro atoms. The fraction of sp³-hybridized carbons (Fsp3) is 0.667. The zero-order chi connectivity index (χ0) is 23.1. The van der Waals surface area contributed by atoms with Crippen LogP contribution in [0.5, 0.6) is 5.75 Å². The van der Waals surface area contributed by atoms with Crippen molar-refractivity contribution in [3.05, 3.63) is 29.8 Å². The Morgan fingerprint density at radius 1 is 1.06 bits per heavy atom. The molecular weight excluding hydrogens is 414 g/mol. The van der Waals surface area contributed by atoms with Gasteiger partial charge < -0.3 is 30.1 Å². The Balaban J connectivity index is 0.000000427. The van der Waals surface area contributed by atoms with Gasteiger partial charge in [0.05, 0.1) is 26.4 Å². The molecule has 1 aromatic carbocycles. The average Bonchev–Trinajstić information content (AvgIpc) is 2.73. The maximum absolute atomic E-state index is 10.2. The number of carboxylic acids is 2. The van der Waals surface area contributed by atoms with Gasteiger partial charge in [0.2, 0.25) is 0 Å². The Morgan fingerprint density at radius 2 is 1.62 bits per heavy atom. The molecule has 4 aliphatic carbocycles. The van der Waals surface area contributed by atoms with E-state index in [1.807, 2.05) is 24.3 Å². The van der Waals surface area contributed by atoms with Gasteiger partial charge in [-0.2, -0.15) is 0 Å². The Bertz CT molecular complexity index is 734. The lowest BCUT2D eigenvalue weighted by atomic mass is 9.49. The molecule has 0 aromatic heterocycles. The first kappa shape index (κ1) is 24.5. The average molecular weight is 450 g/mol. The number of hydrogen-bond acceptors (Lipinski definition) is 6. The van der Waals surface area contributed by atoms with E-state index < -0.39 is 18.0 Å². The third-order valence-corrected chi connectivity index (χ3v) is 6.99. The molecule has 1 unspecified atom stereocenters. The number of benzene rings is 1. The van der Waals surface area contributed by atoms with Gasteiger partial charge in [0, 0.05) is 18.7 Å². The second-order valence-electron chi connectivity index (χ2n) is 9.64. The first-order valence-corrected chi connectivity index (χ1v) is 11.3. The summed E-state index contributed by atoms with van der Waals surface area (Å²) in [6, 6.07) is 7.86. The van der Waals surface area contributed by atoms with Gasteiger partial charge in [-0.25, -0.2) is 9.59 Å². The van der Waals surface area contributed by atoms with E-state index in [2.05, 4.69) is 5.32 Å². The lowest BCUT2D eigenvalue weighted by Crippen LogP contribution is -2.51. The number of aliphatic hydroxyl groups is 1. The van der Waals surface area contributed by atoms with E-state index >= 15 is 0 Å². The summed E-state index contributed by atoms with van der Waals surface area (Å²) in [6.45, 7) is 2.51. The number of aliphatic hydroxyl groups excluding tert-OH is 1. The molecule has 8 heteroatoms. The predicted octanol–water partition coefficient (Wildman–Crippen LogP) is 2.53. The van der Waals surface area contributed by atoms with Crippen LogP contribution in [-0.4, -0.2) is 60.2 Å². The predicted molar refractivity (Wildman–Crippen MR) is 117 cm³/mol. The van der Waals surface area contributed by atoms with Gasteiger partial charge in [-0.1, -0.05) is 18.2 Å². The van der Waals surface area contributed by atoms with Gasteiger partial charge >= 0.3 is 11.9 Å². The van der Waals surface area contributed by atoms with Gasteiger partial charge in [0.25, 0.3) is 0 Å². The van der Waals surface area contributed by atoms with Crippen LogP contribution < -0.4 is 10.1 Å². The number of aliphatic carboxylic acids is 2. The number of carboxylic acid groups (broad SMARTS) is 2. The van der Waals surface area contributed by atoms with Gasteiger partial charge in [-0.3, -0.25) is 0 Å². The Hall–Kier alpha value is -2.16. The normalized spacial score (nSPS) is 28.5. The molecule has 1 atom stereocenters. The molecule has 0 amide bonds. The SMILES string of the molecule is COc1ccccc1COCC(O)CNCC12CC3CC(CC(C3)C1)C2.O=C(O)C(=O)O. The van der Waals surface area contributed by atoms with Crippen molar-refractivity contribution in [3.63, 3.8) is 0 Å². The molecule has 1 aromatic rings. The smallest absolute Gasteiger partial charge is 0.414 e. The molecule has 4 fully saturated rings. The van der Waals surface area contributed by atoms with Crippen LogP contribution in [0.2, 0.25) is 0 Å². The van der Waals surface area contributed by atoms with E-state index in [-0.39, 0.29) is 0 Å². The maximum atomic E-state index is 10.2. The Kier molecular flexibility index (Phi) is 8.51. The monoisotopic (exact) mass is 449 g/mol. The zero-order valence-corrected chi connectivity index (χ0v) is 18.7. The first-order chi connectivity index (χ1) is 15.3. The van der Waals surface area contributed by atoms with Crippen molar-refractivity contribution in [3.8, 4) is 5.75 Å². The minimum Gasteiger partial charge on any atom is -0.496 e. The third kappa shape index (κ3) is 6.67. The van der Waals surface area contributed by atoms with E-state index in [4.69, 9.17) is 29.3 Å². The van der Waals surface area contributed by atoms with Crippen LogP contribution in [0.4, 0.5) is 0 Å². The molecular formula is C24H35NO7. The molecule has 8 nitrogen and oxygen atoms in total. The zero-order valence-electron chi connectivity index (χ0n) is 18.7. The highest BCUT2D eigenvalue weighted by Gasteiger charge is 2.50. The van der Waals surface area contributed by atoms with Crippen molar-refractivity contribution in [1.29, 1.82) is 0 Å². The molecule has 5 rings (SSSR count). The minimum atomic E-state index is -1.82. The second-order valence-corrected chi connectivity index (χ2v) is 9.64. The highest BCUT2D eigenvalue weighted by molar-refractivity contribution is 6.27. The topological polar surface area (TPSA) is 125 Å². The van der Waals surface area contributed by atoms with Crippen LogP contribution >= 0.6 is 0 Å². The standard InChI is InChI=1S/C22H33NO3.C2H2O4/c1-25-21-5-3-2-4-19(21)13-26-14-20(24)12-23-15-22-9-16-6-17(10-22)8-18(7-16)11-22;3-1(4)2(5)6/h2-5,16-18,20,23-24H,6-15H2,1H3;(H,3,4)(H,5,6). The lowest BCUT2D eigenvalue weighted by molar-refractivity contribution is -0.159. The Labute approximate surface area is 188 Å². The molecule has 32 heavy (non-hydrogen) atoms. The van der Waals surface area contributed by atoms with Gasteiger partial charge in [0.1, 0.15) is 5.75 Å². The van der Waals surface area contributed by atoms with E-state index in [0.717, 1.165) is 35.6 Å². The van der Waals surface area contributed by atoms with Crippen LogP contribution in [0, 0.1) is 23.2 Å². The summed E-state index contributed by atoms with van der Waals surface area (Å²) < 4.78 is 11.0. The van der Waals surface area contributed by atoms with Crippen LogP contribution in [0.15, 0.2) is 24.3 Å². The van der Waals surface area contributed by atoms with E-state index in [1.165, 1.54) is 38.5 Å². The molecule has 4 N–H and O–H groups in total. The van der Waals surface area contributed by atoms with Crippen molar-refractivity contribution < 1.29 is 34.4 Å². The van der Waals surface area contributed by atoms with Crippen LogP contribution in [-0.2, 0) is 20.9 Å². The molecule has 0 saturated heterocycles. The van der Waals surface area contributed by atoms with E-state index in [9.17, 15) is 5.11 Å². The Morgan fingerprint density at radius 3 is 2.16 bits per heavy atom. The van der Waals surface area contributed by atoms with Crippen molar-refractivity contribution in [2.75, 3.05) is 26.8 Å². The van der Waals surface area contributed by atoms with Crippen LogP contribution in [0.25, 0.3) is 0 Å². The van der Waals surface area contributed by atoms with Gasteiger partial charge in [-0.05, 0) is 67.8 Å². The number of para-hydroxylation sites is 1. The van der Waals surface area contributed by atoms with Crippen LogP contribution in [0.1, 0.15) is 44.1 Å². The second kappa shape index (κ2) is 11.1. The van der Waals surface area contributed by atoms with E-state index in [1.54, 1.807) is 7.11 Å². The summed E-state index contributed by atoms with van der Waals surface area (Å²) in [5.74, 6) is 0.137. The van der Waals surface area contributed by atoms with Crippen molar-refractivity contribution >= 4 is 11.9 Å². The molecule has 0 heterocycles. The molecule has 4 saturated carbocycles. The summed E-state index contributed by atoms with van der Waals surface area (Å²) in [5, 5.41) is 28.6. The number of hydrogen-bond donors (Lipinski definition) is 4. The van der Waals surface area contributed by atoms with Gasteiger partial charge in [0.15, 0.2) is 0 Å². The number of nitrogens with one attached hydrogen (secondary N) is 1. The van der Waals surface area contributed by atoms with E-state index in [0.29, 0.717) is 25.2 Å². The fourth-order valence-corrected chi connectivity index (χ4v) is 6.20. The molecule has 4 bridgehead atoms. The molecule has 178 valence electrons. The van der Waals surface area contributed by atoms with Crippen molar-refractivity contribution in [2.24, 2.45) is 23.2 Å². The highest BCUT2D eigenvalue weighted by Crippen LogP contribution is 2.59. The summed E-state index contributed by atoms with van der Waals surface area (Å²) in [6.07, 6.45) is 8.22. The number of ether oxygens (including phenoxy) is 2. The summed E-state index contributed by atoms with van der Waals surface area (Å²) in [4.78, 5) is 18.2. The summed E-state index contributed by atoms with van der Waals surface area (Å²) >= 11 is 0. The van der Waals surface area contributed by atoms with Gasteiger partial charge in [-0.15, -0.1) is 0 Å². The van der Waals surface area contributed by atoms with Crippen LogP contribution in [0.3, 0.4) is 0 Å². The summed E-state index contributed by atoms with van der Waals surface area (Å²) in [7, 11) is 1.67. The lowest BCUT2D eigenvalue weighted by Gasteiger charge is -2.57. The molecule has 4 aliphatic rings. The molecule has 0 radical (unpaired) electrons. The summed E-state index contributed by atoms with van der Waals surface area (Å²) in [5.41, 5.74) is 1.54. The van der Waals surface area contributed by atoms with Crippen molar-refractivity contribution in [1.82, 2.24) is 5.32 Å². The quantitative estimate of drug-likeness (QED) is 0.424. The number of carbonyl (C=O) groups is 2.